The number of benzene rings is 1. The maximum atomic E-state index is 12.8. The summed E-state index contributed by atoms with van der Waals surface area (Å²) in [5, 5.41) is 12.4. The average molecular weight is 326 g/mol. The van der Waals surface area contributed by atoms with Crippen molar-refractivity contribution in [3.8, 4) is 6.07 Å². The van der Waals surface area contributed by atoms with Crippen molar-refractivity contribution >= 4 is 11.6 Å². The van der Waals surface area contributed by atoms with E-state index in [9.17, 15) is 4.79 Å². The Labute approximate surface area is 144 Å². The van der Waals surface area contributed by atoms with Crippen LogP contribution < -0.4 is 10.2 Å². The summed E-state index contributed by atoms with van der Waals surface area (Å²) in [7, 11) is 0. The highest BCUT2D eigenvalue weighted by Crippen LogP contribution is 2.25. The average Bonchev–Trinajstić information content (AvgIpc) is 2.60. The van der Waals surface area contributed by atoms with Crippen molar-refractivity contribution < 1.29 is 4.79 Å². The highest BCUT2D eigenvalue weighted by atomic mass is 16.2. The predicted molar refractivity (Wildman–Crippen MR) is 94.7 cm³/mol. The van der Waals surface area contributed by atoms with E-state index in [4.69, 9.17) is 5.26 Å². The van der Waals surface area contributed by atoms with Gasteiger partial charge in [-0.05, 0) is 51.0 Å². The fourth-order valence-electron chi connectivity index (χ4n) is 3.90. The number of piperidine rings is 1. The maximum Gasteiger partial charge on any atom is 0.225 e. The van der Waals surface area contributed by atoms with E-state index in [0.29, 0.717) is 23.6 Å². The first kappa shape index (κ1) is 16.8. The van der Waals surface area contributed by atoms with Crippen LogP contribution >= 0.6 is 0 Å². The number of anilines is 1. The van der Waals surface area contributed by atoms with Crippen LogP contribution in [0.15, 0.2) is 24.3 Å². The van der Waals surface area contributed by atoms with E-state index < -0.39 is 0 Å². The molecule has 1 aromatic carbocycles. The molecule has 0 spiro atoms. The quantitative estimate of drug-likeness (QED) is 0.903. The third-order valence-electron chi connectivity index (χ3n) is 5.07. The molecule has 2 heterocycles. The number of nitrogens with zero attached hydrogens (tertiary/aromatic N) is 3. The summed E-state index contributed by atoms with van der Waals surface area (Å²) in [4.78, 5) is 17.2. The van der Waals surface area contributed by atoms with Crippen LogP contribution in [0.1, 0.15) is 32.3 Å². The Morgan fingerprint density at radius 3 is 2.25 bits per heavy atom. The Morgan fingerprint density at radius 1 is 1.12 bits per heavy atom. The minimum atomic E-state index is 0.150. The van der Waals surface area contributed by atoms with Gasteiger partial charge in [-0.15, -0.1) is 0 Å². The Bertz CT molecular complexity index is 603. The largest absolute Gasteiger partial charge is 0.371 e. The Morgan fingerprint density at radius 2 is 1.71 bits per heavy atom. The lowest BCUT2D eigenvalue weighted by Crippen LogP contribution is -2.57. The van der Waals surface area contributed by atoms with E-state index >= 15 is 0 Å². The van der Waals surface area contributed by atoms with Crippen LogP contribution in [0.5, 0.6) is 0 Å². The monoisotopic (exact) mass is 326 g/mol. The number of piperazine rings is 1. The topological polar surface area (TPSA) is 59.4 Å². The molecular weight excluding hydrogens is 300 g/mol. The van der Waals surface area contributed by atoms with Gasteiger partial charge < -0.3 is 15.1 Å². The summed E-state index contributed by atoms with van der Waals surface area (Å²) < 4.78 is 0. The SMILES string of the molecule is CC1CN(C(=O)C2CCN(c3ccc(C#N)cc3)CC2)CC(C)N1. The molecule has 0 saturated carbocycles. The third-order valence-corrected chi connectivity index (χ3v) is 5.07. The first-order valence-electron chi connectivity index (χ1n) is 8.86. The minimum Gasteiger partial charge on any atom is -0.371 e. The van der Waals surface area contributed by atoms with Gasteiger partial charge in [-0.2, -0.15) is 5.26 Å². The number of nitrogens with one attached hydrogen (secondary N) is 1. The predicted octanol–water partition coefficient (Wildman–Crippen LogP) is 1.98. The lowest BCUT2D eigenvalue weighted by Gasteiger charge is -2.40. The summed E-state index contributed by atoms with van der Waals surface area (Å²) in [6.07, 6.45) is 1.82. The molecule has 0 bridgehead atoms. The number of rotatable bonds is 2. The molecule has 5 heteroatoms. The molecule has 1 aromatic rings. The van der Waals surface area contributed by atoms with E-state index in [1.54, 1.807) is 0 Å². The van der Waals surface area contributed by atoms with Crippen LogP contribution in [0.3, 0.4) is 0 Å². The van der Waals surface area contributed by atoms with Gasteiger partial charge in [0.1, 0.15) is 0 Å². The third kappa shape index (κ3) is 3.70. The number of nitriles is 1. The zero-order chi connectivity index (χ0) is 17.1. The van der Waals surface area contributed by atoms with Gasteiger partial charge >= 0.3 is 0 Å². The lowest BCUT2D eigenvalue weighted by atomic mass is 9.94. The Kier molecular flexibility index (Phi) is 5.06. The van der Waals surface area contributed by atoms with Crippen LogP contribution in [0, 0.1) is 17.2 Å². The van der Waals surface area contributed by atoms with Crippen molar-refractivity contribution in [1.29, 1.82) is 5.26 Å². The van der Waals surface area contributed by atoms with E-state index in [1.807, 2.05) is 29.2 Å². The number of hydrogen-bond acceptors (Lipinski definition) is 4. The molecule has 2 fully saturated rings. The Balaban J connectivity index is 1.56. The second-order valence-electron chi connectivity index (χ2n) is 7.13. The first-order chi connectivity index (χ1) is 11.6. The van der Waals surface area contributed by atoms with Crippen LogP contribution in [0.25, 0.3) is 0 Å². The zero-order valence-electron chi connectivity index (χ0n) is 14.5. The molecule has 2 aliphatic rings. The summed E-state index contributed by atoms with van der Waals surface area (Å²) in [5.41, 5.74) is 1.83. The standard InChI is InChI=1S/C19H26N4O/c1-14-12-23(13-15(2)21-14)19(24)17-7-9-22(10-8-17)18-5-3-16(11-20)4-6-18/h3-6,14-15,17,21H,7-10,12-13H2,1-2H3. The van der Waals surface area contributed by atoms with E-state index in [2.05, 4.69) is 30.1 Å². The van der Waals surface area contributed by atoms with Gasteiger partial charge in [0.15, 0.2) is 0 Å². The molecule has 2 atom stereocenters. The molecule has 128 valence electrons. The maximum absolute atomic E-state index is 12.8. The fraction of sp³-hybridized carbons (Fsp3) is 0.579. The normalized spacial score (nSPS) is 25.4. The summed E-state index contributed by atoms with van der Waals surface area (Å²) in [6, 6.07) is 10.6. The number of hydrogen-bond donors (Lipinski definition) is 1. The van der Waals surface area contributed by atoms with Gasteiger partial charge in [-0.3, -0.25) is 4.79 Å². The highest BCUT2D eigenvalue weighted by molar-refractivity contribution is 5.79. The van der Waals surface area contributed by atoms with Gasteiger partial charge in [0.05, 0.1) is 11.6 Å². The molecule has 0 aromatic heterocycles. The van der Waals surface area contributed by atoms with Crippen molar-refractivity contribution in [1.82, 2.24) is 10.2 Å². The molecule has 1 amide bonds. The van der Waals surface area contributed by atoms with Crippen molar-refractivity contribution in [2.24, 2.45) is 5.92 Å². The second-order valence-corrected chi connectivity index (χ2v) is 7.13. The molecule has 24 heavy (non-hydrogen) atoms. The van der Waals surface area contributed by atoms with E-state index in [-0.39, 0.29) is 5.92 Å². The fourth-order valence-corrected chi connectivity index (χ4v) is 3.90. The van der Waals surface area contributed by atoms with E-state index in [1.165, 1.54) is 0 Å². The summed E-state index contributed by atoms with van der Waals surface area (Å²) >= 11 is 0. The molecule has 2 unspecified atom stereocenters. The molecule has 5 nitrogen and oxygen atoms in total. The smallest absolute Gasteiger partial charge is 0.225 e. The van der Waals surface area contributed by atoms with E-state index in [0.717, 1.165) is 44.7 Å². The van der Waals surface area contributed by atoms with Crippen LogP contribution in [-0.4, -0.2) is 49.1 Å². The zero-order valence-corrected chi connectivity index (χ0v) is 14.5. The summed E-state index contributed by atoms with van der Waals surface area (Å²) in [5.74, 6) is 0.479. The van der Waals surface area contributed by atoms with Crippen LogP contribution in [0.4, 0.5) is 5.69 Å². The van der Waals surface area contributed by atoms with Crippen LogP contribution in [-0.2, 0) is 4.79 Å². The minimum absolute atomic E-state index is 0.150. The molecule has 0 aliphatic carbocycles. The Hall–Kier alpha value is -2.06. The molecule has 2 aliphatic heterocycles. The molecule has 3 rings (SSSR count). The number of amides is 1. The molecule has 0 radical (unpaired) electrons. The van der Waals surface area contributed by atoms with Crippen molar-refractivity contribution in [2.75, 3.05) is 31.1 Å². The number of carbonyl (C=O) groups is 1. The van der Waals surface area contributed by atoms with Gasteiger partial charge in [0, 0.05) is 49.9 Å². The van der Waals surface area contributed by atoms with Crippen LogP contribution in [0.2, 0.25) is 0 Å². The summed E-state index contributed by atoms with van der Waals surface area (Å²) in [6.45, 7) is 7.73. The first-order valence-corrected chi connectivity index (χ1v) is 8.86. The molecule has 2 saturated heterocycles. The van der Waals surface area contributed by atoms with Gasteiger partial charge in [-0.25, -0.2) is 0 Å². The van der Waals surface area contributed by atoms with Crippen molar-refractivity contribution in [3.05, 3.63) is 29.8 Å². The van der Waals surface area contributed by atoms with Gasteiger partial charge in [0.25, 0.3) is 0 Å². The highest BCUT2D eigenvalue weighted by Gasteiger charge is 2.32. The van der Waals surface area contributed by atoms with Crippen molar-refractivity contribution in [2.45, 2.75) is 38.8 Å². The van der Waals surface area contributed by atoms with Crippen molar-refractivity contribution in [3.63, 3.8) is 0 Å². The second kappa shape index (κ2) is 7.23. The van der Waals surface area contributed by atoms with Gasteiger partial charge in [-0.1, -0.05) is 0 Å². The lowest BCUT2D eigenvalue weighted by molar-refractivity contribution is -0.138. The number of carbonyl (C=O) groups excluding carboxylic acids is 1. The molecule has 1 N–H and O–H groups in total. The molecular formula is C19H26N4O. The van der Waals surface area contributed by atoms with Gasteiger partial charge in [0.2, 0.25) is 5.91 Å².